The first-order chi connectivity index (χ1) is 16.3. The van der Waals surface area contributed by atoms with Gasteiger partial charge in [0.25, 0.3) is 5.91 Å². The maximum absolute atomic E-state index is 14.1. The summed E-state index contributed by atoms with van der Waals surface area (Å²) < 4.78 is 69.4. The van der Waals surface area contributed by atoms with Crippen molar-refractivity contribution in [3.05, 3.63) is 65.0 Å². The molecule has 1 aromatic carbocycles. The van der Waals surface area contributed by atoms with Gasteiger partial charge < -0.3 is 16.0 Å². The Morgan fingerprint density at radius 1 is 1.17 bits per heavy atom. The van der Waals surface area contributed by atoms with Crippen LogP contribution in [0.15, 0.2) is 36.7 Å². The van der Waals surface area contributed by atoms with Crippen LogP contribution in [0.2, 0.25) is 0 Å². The molecule has 0 radical (unpaired) electrons. The third-order valence-corrected chi connectivity index (χ3v) is 6.57. The van der Waals surface area contributed by atoms with Gasteiger partial charge in [0.05, 0.1) is 17.2 Å². The fourth-order valence-electron chi connectivity index (χ4n) is 4.30. The zero-order valence-electron chi connectivity index (χ0n) is 19.3. The summed E-state index contributed by atoms with van der Waals surface area (Å²) in [6.45, 7) is 0.0815. The highest BCUT2D eigenvalue weighted by Crippen LogP contribution is 2.66. The van der Waals surface area contributed by atoms with Crippen molar-refractivity contribution in [2.75, 3.05) is 20.6 Å². The molecular weight excluding hydrogens is 471 g/mol. The number of carbonyl (C=O) groups is 2. The van der Waals surface area contributed by atoms with Gasteiger partial charge in [0.2, 0.25) is 5.91 Å². The second kappa shape index (κ2) is 10.3. The molecule has 1 fully saturated rings. The molecule has 1 saturated carbocycles. The van der Waals surface area contributed by atoms with Gasteiger partial charge in [-0.05, 0) is 62.7 Å². The van der Waals surface area contributed by atoms with Gasteiger partial charge in [0, 0.05) is 31.1 Å². The SMILES string of the molecule is CN(C)C(CNC(=O)CC(c1cncc(F)c1)C1(C(F)(F)F)CC1)Cc1ccc(C(N)=O)c(F)c1. The van der Waals surface area contributed by atoms with Gasteiger partial charge in [0.1, 0.15) is 11.6 Å². The van der Waals surface area contributed by atoms with E-state index >= 15 is 0 Å². The summed E-state index contributed by atoms with van der Waals surface area (Å²) in [5, 5.41) is 2.66. The molecular formula is C24H27F5N4O2. The molecule has 0 bridgehead atoms. The Bertz CT molecular complexity index is 1090. The summed E-state index contributed by atoms with van der Waals surface area (Å²) >= 11 is 0. The van der Waals surface area contributed by atoms with Crippen LogP contribution in [0.5, 0.6) is 0 Å². The van der Waals surface area contributed by atoms with Gasteiger partial charge in [-0.15, -0.1) is 0 Å². The normalized spacial score (nSPS) is 16.6. The van der Waals surface area contributed by atoms with E-state index in [4.69, 9.17) is 5.73 Å². The van der Waals surface area contributed by atoms with E-state index in [0.717, 1.165) is 12.3 Å². The van der Waals surface area contributed by atoms with Crippen LogP contribution in [0.1, 0.15) is 46.7 Å². The number of pyridine rings is 1. The minimum atomic E-state index is -4.54. The highest BCUT2D eigenvalue weighted by atomic mass is 19.4. The number of likely N-dealkylation sites (N-methyl/N-ethyl adjacent to an activating group) is 1. The van der Waals surface area contributed by atoms with Gasteiger partial charge in [0.15, 0.2) is 0 Å². The minimum absolute atomic E-state index is 0.0316. The zero-order chi connectivity index (χ0) is 26.0. The van der Waals surface area contributed by atoms with Crippen LogP contribution in [0, 0.1) is 17.0 Å². The van der Waals surface area contributed by atoms with Crippen LogP contribution in [0.3, 0.4) is 0 Å². The first-order valence-corrected chi connectivity index (χ1v) is 11.0. The van der Waals surface area contributed by atoms with Crippen molar-refractivity contribution in [1.82, 2.24) is 15.2 Å². The number of carbonyl (C=O) groups excluding carboxylic acids is 2. The molecule has 2 aromatic rings. The molecule has 0 spiro atoms. The predicted octanol–water partition coefficient (Wildman–Crippen LogP) is 3.56. The number of nitrogens with one attached hydrogen (secondary N) is 1. The van der Waals surface area contributed by atoms with Crippen molar-refractivity contribution in [3.63, 3.8) is 0 Å². The second-order valence-corrected chi connectivity index (χ2v) is 9.15. The van der Waals surface area contributed by atoms with Gasteiger partial charge in [-0.1, -0.05) is 6.07 Å². The summed E-state index contributed by atoms with van der Waals surface area (Å²) in [4.78, 5) is 29.4. The molecule has 3 rings (SSSR count). The lowest BCUT2D eigenvalue weighted by Crippen LogP contribution is -2.42. The molecule has 1 heterocycles. The number of nitrogens with two attached hydrogens (primary N) is 1. The highest BCUT2D eigenvalue weighted by Gasteiger charge is 2.67. The smallest absolute Gasteiger partial charge is 0.366 e. The topological polar surface area (TPSA) is 88.3 Å². The molecule has 2 amide bonds. The molecule has 2 atom stereocenters. The van der Waals surface area contributed by atoms with E-state index in [1.54, 1.807) is 25.1 Å². The third kappa shape index (κ3) is 6.14. The van der Waals surface area contributed by atoms with Crippen LogP contribution < -0.4 is 11.1 Å². The number of benzene rings is 1. The van der Waals surface area contributed by atoms with Crippen LogP contribution in [0.25, 0.3) is 0 Å². The Kier molecular flexibility index (Phi) is 7.78. The summed E-state index contributed by atoms with van der Waals surface area (Å²) in [6, 6.07) is 4.69. The summed E-state index contributed by atoms with van der Waals surface area (Å²) in [5.74, 6) is -4.30. The van der Waals surface area contributed by atoms with Gasteiger partial charge in [-0.25, -0.2) is 8.78 Å². The fraction of sp³-hybridized carbons (Fsp3) is 0.458. The number of primary amides is 1. The summed E-state index contributed by atoms with van der Waals surface area (Å²) in [7, 11) is 3.49. The molecule has 190 valence electrons. The molecule has 0 aliphatic heterocycles. The van der Waals surface area contributed by atoms with Gasteiger partial charge >= 0.3 is 6.18 Å². The lowest BCUT2D eigenvalue weighted by atomic mass is 9.80. The van der Waals surface area contributed by atoms with Crippen molar-refractivity contribution in [2.24, 2.45) is 11.1 Å². The Balaban J connectivity index is 1.71. The van der Waals surface area contributed by atoms with E-state index in [9.17, 15) is 31.5 Å². The second-order valence-electron chi connectivity index (χ2n) is 9.15. The van der Waals surface area contributed by atoms with Crippen LogP contribution in [0.4, 0.5) is 22.0 Å². The molecule has 35 heavy (non-hydrogen) atoms. The Morgan fingerprint density at radius 2 is 1.86 bits per heavy atom. The van der Waals surface area contributed by atoms with E-state index in [0.29, 0.717) is 12.0 Å². The maximum Gasteiger partial charge on any atom is 0.395 e. The fourth-order valence-corrected chi connectivity index (χ4v) is 4.30. The Morgan fingerprint density at radius 3 is 2.37 bits per heavy atom. The van der Waals surface area contributed by atoms with E-state index in [-0.39, 0.29) is 36.6 Å². The van der Waals surface area contributed by atoms with E-state index < -0.39 is 47.4 Å². The van der Waals surface area contributed by atoms with Crippen LogP contribution in [-0.2, 0) is 11.2 Å². The Hall–Kier alpha value is -3.08. The quantitative estimate of drug-likeness (QED) is 0.491. The van der Waals surface area contributed by atoms with E-state index in [2.05, 4.69) is 10.3 Å². The van der Waals surface area contributed by atoms with Gasteiger partial charge in [-0.3, -0.25) is 14.6 Å². The average Bonchev–Trinajstić information content (AvgIpc) is 3.56. The molecule has 2 unspecified atom stereocenters. The summed E-state index contributed by atoms with van der Waals surface area (Å²) in [5.41, 5.74) is 3.38. The number of rotatable bonds is 10. The lowest BCUT2D eigenvalue weighted by Gasteiger charge is -2.30. The molecule has 11 heteroatoms. The predicted molar refractivity (Wildman–Crippen MR) is 118 cm³/mol. The first kappa shape index (κ1) is 26.5. The molecule has 6 nitrogen and oxygen atoms in total. The third-order valence-electron chi connectivity index (χ3n) is 6.57. The van der Waals surface area contributed by atoms with Crippen molar-refractivity contribution >= 4 is 11.8 Å². The van der Waals surface area contributed by atoms with Crippen LogP contribution in [-0.4, -0.2) is 54.6 Å². The van der Waals surface area contributed by atoms with E-state index in [1.807, 2.05) is 0 Å². The number of hydrogen-bond acceptors (Lipinski definition) is 4. The van der Waals surface area contributed by atoms with Crippen LogP contribution >= 0.6 is 0 Å². The number of hydrogen-bond donors (Lipinski definition) is 2. The monoisotopic (exact) mass is 498 g/mol. The largest absolute Gasteiger partial charge is 0.395 e. The van der Waals surface area contributed by atoms with Crippen molar-refractivity contribution in [1.29, 1.82) is 0 Å². The van der Waals surface area contributed by atoms with Crippen molar-refractivity contribution in [2.45, 2.75) is 43.8 Å². The number of nitrogens with zero attached hydrogens (tertiary/aromatic N) is 2. The number of amides is 2. The highest BCUT2D eigenvalue weighted by molar-refractivity contribution is 5.93. The molecule has 0 saturated heterocycles. The maximum atomic E-state index is 14.1. The Labute approximate surface area is 199 Å². The number of aromatic nitrogens is 1. The molecule has 3 N–H and O–H groups in total. The minimum Gasteiger partial charge on any atom is -0.366 e. The van der Waals surface area contributed by atoms with Crippen molar-refractivity contribution < 1.29 is 31.5 Å². The number of halogens is 5. The summed E-state index contributed by atoms with van der Waals surface area (Å²) in [6.07, 6.45) is -2.94. The van der Waals surface area contributed by atoms with Crippen molar-refractivity contribution in [3.8, 4) is 0 Å². The lowest BCUT2D eigenvalue weighted by molar-refractivity contribution is -0.194. The molecule has 1 aliphatic rings. The van der Waals surface area contributed by atoms with E-state index in [1.165, 1.54) is 18.3 Å². The standard InChI is InChI=1S/C24H27F5N4O2/c1-33(2)17(7-14-3-4-18(22(30)35)20(26)8-14)13-32-21(34)10-19(15-9-16(25)12-31-11-15)23(5-6-23)24(27,28)29/h3-4,8-9,11-12,17,19H,5-7,10,13H2,1-2H3,(H2,30,35)(H,32,34). The first-order valence-electron chi connectivity index (χ1n) is 11.0. The molecule has 1 aliphatic carbocycles. The van der Waals surface area contributed by atoms with Gasteiger partial charge in [-0.2, -0.15) is 13.2 Å². The average molecular weight is 498 g/mol. The molecule has 1 aromatic heterocycles. The number of alkyl halides is 3. The zero-order valence-corrected chi connectivity index (χ0v) is 19.3.